The molecule has 1 rings (SSSR count). The molecule has 1 aromatic rings. The van der Waals surface area contributed by atoms with E-state index in [2.05, 4.69) is 10.7 Å². The monoisotopic (exact) mass is 236 g/mol. The number of carbonyl (C=O) groups excluding carboxylic acids is 2. The standard InChI is InChI=1S/C11H16N4O2/c12-10(16)6-3-7-14-11(17)8-4-1-2-5-9(8)15-13/h1-2,4-5,15H,3,6-7,13H2,(H2,12,16)(H,14,17). The molecule has 6 N–H and O–H groups in total. The number of nitrogens with one attached hydrogen (secondary N) is 2. The summed E-state index contributed by atoms with van der Waals surface area (Å²) in [5.74, 6) is 4.69. The zero-order valence-corrected chi connectivity index (χ0v) is 9.40. The first-order valence-electron chi connectivity index (χ1n) is 5.27. The molecule has 17 heavy (non-hydrogen) atoms. The molecule has 0 atom stereocenters. The van der Waals surface area contributed by atoms with E-state index in [9.17, 15) is 9.59 Å². The van der Waals surface area contributed by atoms with Crippen molar-refractivity contribution in [3.8, 4) is 0 Å². The minimum atomic E-state index is -0.372. The van der Waals surface area contributed by atoms with Crippen LogP contribution in [0.4, 0.5) is 5.69 Å². The van der Waals surface area contributed by atoms with Gasteiger partial charge >= 0.3 is 0 Å². The quantitative estimate of drug-likeness (QED) is 0.316. The summed E-state index contributed by atoms with van der Waals surface area (Å²) in [5, 5.41) is 2.69. The van der Waals surface area contributed by atoms with Gasteiger partial charge in [-0.1, -0.05) is 12.1 Å². The summed E-state index contributed by atoms with van der Waals surface area (Å²) in [5.41, 5.74) is 8.46. The Morgan fingerprint density at radius 3 is 2.59 bits per heavy atom. The van der Waals surface area contributed by atoms with E-state index in [4.69, 9.17) is 11.6 Å². The number of hydrogen-bond donors (Lipinski definition) is 4. The largest absolute Gasteiger partial charge is 0.370 e. The molecule has 0 aliphatic heterocycles. The molecule has 0 bridgehead atoms. The average molecular weight is 236 g/mol. The number of hydrazine groups is 1. The molecular formula is C11H16N4O2. The molecule has 0 unspecified atom stereocenters. The lowest BCUT2D eigenvalue weighted by Gasteiger charge is -2.08. The molecule has 2 amide bonds. The fourth-order valence-electron chi connectivity index (χ4n) is 1.37. The first-order valence-corrected chi connectivity index (χ1v) is 5.27. The van der Waals surface area contributed by atoms with E-state index in [1.54, 1.807) is 24.3 Å². The van der Waals surface area contributed by atoms with E-state index in [0.717, 1.165) is 0 Å². The summed E-state index contributed by atoms with van der Waals surface area (Å²) in [6.45, 7) is 0.403. The van der Waals surface area contributed by atoms with E-state index < -0.39 is 0 Å². The Bertz CT molecular complexity index is 406. The van der Waals surface area contributed by atoms with Gasteiger partial charge in [0.25, 0.3) is 5.91 Å². The molecule has 0 saturated carbocycles. The van der Waals surface area contributed by atoms with Crippen LogP contribution >= 0.6 is 0 Å². The van der Waals surface area contributed by atoms with Crippen molar-refractivity contribution in [3.05, 3.63) is 29.8 Å². The Labute approximate surface area is 99.3 Å². The Morgan fingerprint density at radius 2 is 1.94 bits per heavy atom. The molecule has 0 heterocycles. The van der Waals surface area contributed by atoms with Gasteiger partial charge in [0.1, 0.15) is 0 Å². The number of para-hydroxylation sites is 1. The van der Waals surface area contributed by atoms with Crippen LogP contribution < -0.4 is 22.3 Å². The van der Waals surface area contributed by atoms with Gasteiger partial charge in [-0.2, -0.15) is 0 Å². The lowest BCUT2D eigenvalue weighted by Crippen LogP contribution is -2.27. The van der Waals surface area contributed by atoms with Crippen molar-refractivity contribution in [2.24, 2.45) is 11.6 Å². The summed E-state index contributed by atoms with van der Waals surface area (Å²) >= 11 is 0. The van der Waals surface area contributed by atoms with Crippen LogP contribution in [0.15, 0.2) is 24.3 Å². The van der Waals surface area contributed by atoms with Crippen LogP contribution in [0.25, 0.3) is 0 Å². The number of nitrogen functional groups attached to an aromatic ring is 1. The molecule has 6 heteroatoms. The van der Waals surface area contributed by atoms with Crippen LogP contribution in [0.2, 0.25) is 0 Å². The lowest BCUT2D eigenvalue weighted by atomic mass is 10.1. The molecule has 0 fully saturated rings. The number of nitrogens with two attached hydrogens (primary N) is 2. The molecule has 0 aliphatic rings. The predicted molar refractivity (Wildman–Crippen MR) is 65.0 cm³/mol. The maximum Gasteiger partial charge on any atom is 0.253 e. The highest BCUT2D eigenvalue weighted by atomic mass is 16.2. The Kier molecular flexibility index (Phi) is 4.96. The van der Waals surface area contributed by atoms with E-state index >= 15 is 0 Å². The van der Waals surface area contributed by atoms with Crippen molar-refractivity contribution in [2.75, 3.05) is 12.0 Å². The van der Waals surface area contributed by atoms with Crippen molar-refractivity contribution >= 4 is 17.5 Å². The first kappa shape index (κ1) is 13.0. The number of benzene rings is 1. The van der Waals surface area contributed by atoms with Gasteiger partial charge < -0.3 is 16.5 Å². The third-order valence-corrected chi connectivity index (χ3v) is 2.21. The normalized spacial score (nSPS) is 9.71. The van der Waals surface area contributed by atoms with Gasteiger partial charge in [-0.15, -0.1) is 0 Å². The average Bonchev–Trinajstić information content (AvgIpc) is 2.34. The van der Waals surface area contributed by atoms with Gasteiger partial charge in [-0.3, -0.25) is 15.4 Å². The second-order valence-electron chi connectivity index (χ2n) is 3.52. The number of anilines is 1. The van der Waals surface area contributed by atoms with Crippen molar-refractivity contribution in [3.63, 3.8) is 0 Å². The Morgan fingerprint density at radius 1 is 1.24 bits per heavy atom. The number of rotatable bonds is 6. The topological polar surface area (TPSA) is 110 Å². The van der Waals surface area contributed by atoms with E-state index in [0.29, 0.717) is 24.2 Å². The number of amides is 2. The van der Waals surface area contributed by atoms with Crippen LogP contribution in [0, 0.1) is 0 Å². The van der Waals surface area contributed by atoms with Crippen LogP contribution in [-0.2, 0) is 4.79 Å². The van der Waals surface area contributed by atoms with E-state index in [-0.39, 0.29) is 18.2 Å². The molecule has 92 valence electrons. The molecule has 0 spiro atoms. The van der Waals surface area contributed by atoms with Gasteiger partial charge in [0.15, 0.2) is 0 Å². The highest BCUT2D eigenvalue weighted by Gasteiger charge is 2.09. The molecule has 0 aromatic heterocycles. The molecule has 6 nitrogen and oxygen atoms in total. The minimum Gasteiger partial charge on any atom is -0.370 e. The van der Waals surface area contributed by atoms with Gasteiger partial charge in [0.05, 0.1) is 11.3 Å². The van der Waals surface area contributed by atoms with Gasteiger partial charge in [0.2, 0.25) is 5.91 Å². The van der Waals surface area contributed by atoms with Crippen molar-refractivity contribution in [1.29, 1.82) is 0 Å². The maximum atomic E-state index is 11.7. The molecule has 0 saturated heterocycles. The summed E-state index contributed by atoms with van der Waals surface area (Å²) in [6, 6.07) is 6.90. The molecule has 1 aromatic carbocycles. The maximum absolute atomic E-state index is 11.7. The molecular weight excluding hydrogens is 220 g/mol. The second kappa shape index (κ2) is 6.49. The van der Waals surface area contributed by atoms with Crippen LogP contribution in [0.3, 0.4) is 0 Å². The van der Waals surface area contributed by atoms with E-state index in [1.807, 2.05) is 0 Å². The van der Waals surface area contributed by atoms with E-state index in [1.165, 1.54) is 0 Å². The molecule has 0 aliphatic carbocycles. The van der Waals surface area contributed by atoms with Gasteiger partial charge in [0, 0.05) is 13.0 Å². The Hall–Kier alpha value is -2.08. The predicted octanol–water partition coefficient (Wildman–Crippen LogP) is -0.0325. The number of carbonyl (C=O) groups is 2. The van der Waals surface area contributed by atoms with Crippen LogP contribution in [0.5, 0.6) is 0 Å². The zero-order valence-electron chi connectivity index (χ0n) is 9.40. The first-order chi connectivity index (χ1) is 8.15. The SMILES string of the molecule is NNc1ccccc1C(=O)NCCCC(N)=O. The second-order valence-corrected chi connectivity index (χ2v) is 3.52. The minimum absolute atomic E-state index is 0.233. The highest BCUT2D eigenvalue weighted by Crippen LogP contribution is 2.12. The summed E-state index contributed by atoms with van der Waals surface area (Å²) in [7, 11) is 0. The number of hydrogen-bond acceptors (Lipinski definition) is 4. The Balaban J connectivity index is 2.49. The van der Waals surface area contributed by atoms with Crippen molar-refractivity contribution in [1.82, 2.24) is 5.32 Å². The van der Waals surface area contributed by atoms with Crippen LogP contribution in [0.1, 0.15) is 23.2 Å². The summed E-state index contributed by atoms with van der Waals surface area (Å²) < 4.78 is 0. The fourth-order valence-corrected chi connectivity index (χ4v) is 1.37. The third-order valence-electron chi connectivity index (χ3n) is 2.21. The number of primary amides is 1. The zero-order chi connectivity index (χ0) is 12.7. The third kappa shape index (κ3) is 4.12. The van der Waals surface area contributed by atoms with Crippen molar-refractivity contribution < 1.29 is 9.59 Å². The summed E-state index contributed by atoms with van der Waals surface area (Å²) in [6.07, 6.45) is 0.788. The van der Waals surface area contributed by atoms with Gasteiger partial charge in [-0.05, 0) is 18.6 Å². The van der Waals surface area contributed by atoms with Gasteiger partial charge in [-0.25, -0.2) is 0 Å². The highest BCUT2D eigenvalue weighted by molar-refractivity contribution is 5.99. The smallest absolute Gasteiger partial charge is 0.253 e. The fraction of sp³-hybridized carbons (Fsp3) is 0.273. The lowest BCUT2D eigenvalue weighted by molar-refractivity contribution is -0.118. The molecule has 0 radical (unpaired) electrons. The van der Waals surface area contributed by atoms with Crippen molar-refractivity contribution in [2.45, 2.75) is 12.8 Å². The summed E-state index contributed by atoms with van der Waals surface area (Å²) in [4.78, 5) is 22.2. The van der Waals surface area contributed by atoms with Crippen LogP contribution in [-0.4, -0.2) is 18.4 Å².